The predicted molar refractivity (Wildman–Crippen MR) is 179 cm³/mol. The van der Waals surface area contributed by atoms with Crippen LogP contribution in [-0.4, -0.2) is 47.6 Å². The summed E-state index contributed by atoms with van der Waals surface area (Å²) in [6.07, 6.45) is 35.2. The first-order valence-electron chi connectivity index (χ1n) is 17.7. The highest BCUT2D eigenvalue weighted by molar-refractivity contribution is 5.70. The van der Waals surface area contributed by atoms with Crippen LogP contribution in [0, 0.1) is 0 Å². The average molecular weight is 607 g/mol. The average Bonchev–Trinajstić information content (AvgIpc) is 3.00. The number of carbonyl (C=O) groups is 2. The minimum atomic E-state index is -0.838. The maximum absolute atomic E-state index is 12.1. The van der Waals surface area contributed by atoms with Gasteiger partial charge in [0.15, 0.2) is 6.10 Å². The molecule has 0 saturated heterocycles. The van der Waals surface area contributed by atoms with Crippen molar-refractivity contribution >= 4 is 11.9 Å². The van der Waals surface area contributed by atoms with Gasteiger partial charge in [-0.05, 0) is 38.5 Å². The van der Waals surface area contributed by atoms with E-state index in [-0.39, 0.29) is 25.6 Å². The fourth-order valence-corrected chi connectivity index (χ4v) is 4.80. The van der Waals surface area contributed by atoms with Crippen LogP contribution in [0.15, 0.2) is 36.5 Å². The standard InChI is InChI=1S/C37H66O6/c1-3-5-7-9-11-13-15-16-18-19-21-23-25-28-34(39)29-27-31-36(40)42-33-35(32-38)43-37(41)30-26-24-22-20-17-14-12-10-8-6-4-2/h16,18,21,23,25,28,34-35,38-39H,3-15,17,19-20,22,24,26-27,29-33H2,1-2H3/b18-16+,23-21+,28-25+/t34?,35-/m0/s1. The molecule has 0 radical (unpaired) electrons. The normalized spacial score (nSPS) is 13.3. The molecule has 250 valence electrons. The largest absolute Gasteiger partial charge is 0.462 e. The van der Waals surface area contributed by atoms with Crippen LogP contribution in [0.5, 0.6) is 0 Å². The number of rotatable bonds is 31. The Kier molecular flexibility index (Phi) is 31.5. The second-order valence-electron chi connectivity index (χ2n) is 11.8. The zero-order chi connectivity index (χ0) is 31.6. The Labute approximate surface area is 264 Å². The van der Waals surface area contributed by atoms with Gasteiger partial charge in [0.05, 0.1) is 12.7 Å². The predicted octanol–water partition coefficient (Wildman–Crippen LogP) is 9.48. The van der Waals surface area contributed by atoms with E-state index in [0.717, 1.165) is 32.1 Å². The molecule has 0 bridgehead atoms. The first kappa shape index (κ1) is 41.1. The molecule has 0 amide bonds. The third-order valence-electron chi connectivity index (χ3n) is 7.54. The van der Waals surface area contributed by atoms with Crippen molar-refractivity contribution in [3.63, 3.8) is 0 Å². The van der Waals surface area contributed by atoms with E-state index in [9.17, 15) is 19.8 Å². The molecule has 0 aliphatic heterocycles. The SMILES string of the molecule is CCCCCCCC/C=C/C/C=C/C=C/C(O)CCCC(=O)OC[C@H](CO)OC(=O)CCCCCCCCCCCCC. The van der Waals surface area contributed by atoms with Crippen molar-refractivity contribution in [2.75, 3.05) is 13.2 Å². The molecular weight excluding hydrogens is 540 g/mol. The van der Waals surface area contributed by atoms with E-state index in [4.69, 9.17) is 9.47 Å². The highest BCUT2D eigenvalue weighted by Crippen LogP contribution is 2.13. The van der Waals surface area contributed by atoms with Crippen LogP contribution in [0.3, 0.4) is 0 Å². The van der Waals surface area contributed by atoms with Crippen LogP contribution < -0.4 is 0 Å². The fourth-order valence-electron chi connectivity index (χ4n) is 4.80. The molecule has 2 N–H and O–H groups in total. The van der Waals surface area contributed by atoms with Gasteiger partial charge in [0.1, 0.15) is 6.61 Å². The lowest BCUT2D eigenvalue weighted by molar-refractivity contribution is -0.161. The highest BCUT2D eigenvalue weighted by atomic mass is 16.6. The number of esters is 2. The molecule has 6 heteroatoms. The number of unbranched alkanes of at least 4 members (excludes halogenated alkanes) is 16. The van der Waals surface area contributed by atoms with Gasteiger partial charge in [-0.1, -0.05) is 147 Å². The van der Waals surface area contributed by atoms with Gasteiger partial charge in [-0.15, -0.1) is 0 Å². The van der Waals surface area contributed by atoms with Crippen LogP contribution in [-0.2, 0) is 19.1 Å². The van der Waals surface area contributed by atoms with Crippen LogP contribution in [0.25, 0.3) is 0 Å². The Hall–Kier alpha value is -1.92. The van der Waals surface area contributed by atoms with Gasteiger partial charge in [0.2, 0.25) is 0 Å². The van der Waals surface area contributed by atoms with Gasteiger partial charge < -0.3 is 19.7 Å². The number of ether oxygens (including phenoxy) is 2. The smallest absolute Gasteiger partial charge is 0.306 e. The van der Waals surface area contributed by atoms with Crippen LogP contribution in [0.4, 0.5) is 0 Å². The number of allylic oxidation sites excluding steroid dienone is 5. The van der Waals surface area contributed by atoms with Crippen molar-refractivity contribution < 1.29 is 29.3 Å². The van der Waals surface area contributed by atoms with Gasteiger partial charge >= 0.3 is 11.9 Å². The fraction of sp³-hybridized carbons (Fsp3) is 0.784. The lowest BCUT2D eigenvalue weighted by Crippen LogP contribution is -2.28. The topological polar surface area (TPSA) is 93.1 Å². The lowest BCUT2D eigenvalue weighted by Gasteiger charge is -2.16. The molecule has 6 nitrogen and oxygen atoms in total. The molecule has 1 unspecified atom stereocenters. The van der Waals surface area contributed by atoms with Crippen molar-refractivity contribution in [1.29, 1.82) is 0 Å². The van der Waals surface area contributed by atoms with E-state index >= 15 is 0 Å². The van der Waals surface area contributed by atoms with Crippen molar-refractivity contribution in [3.05, 3.63) is 36.5 Å². The van der Waals surface area contributed by atoms with E-state index in [1.807, 2.05) is 12.2 Å². The van der Waals surface area contributed by atoms with Gasteiger partial charge in [-0.2, -0.15) is 0 Å². The van der Waals surface area contributed by atoms with Crippen molar-refractivity contribution in [3.8, 4) is 0 Å². The van der Waals surface area contributed by atoms with Crippen LogP contribution in [0.1, 0.15) is 162 Å². The lowest BCUT2D eigenvalue weighted by atomic mass is 10.1. The van der Waals surface area contributed by atoms with E-state index < -0.39 is 18.2 Å². The molecule has 0 fully saturated rings. The molecule has 0 rings (SSSR count). The molecular formula is C37H66O6. The Morgan fingerprint density at radius 1 is 0.651 bits per heavy atom. The van der Waals surface area contributed by atoms with Crippen molar-refractivity contribution in [2.45, 2.75) is 174 Å². The van der Waals surface area contributed by atoms with E-state index in [1.165, 1.54) is 89.9 Å². The second-order valence-corrected chi connectivity index (χ2v) is 11.8. The zero-order valence-electron chi connectivity index (χ0n) is 27.8. The third-order valence-corrected chi connectivity index (χ3v) is 7.54. The summed E-state index contributed by atoms with van der Waals surface area (Å²) in [5, 5.41) is 19.6. The van der Waals surface area contributed by atoms with Crippen LogP contribution in [0.2, 0.25) is 0 Å². The number of aliphatic hydroxyl groups is 2. The Balaban J connectivity index is 3.79. The molecule has 0 aromatic heterocycles. The van der Waals surface area contributed by atoms with E-state index in [0.29, 0.717) is 19.3 Å². The summed E-state index contributed by atoms with van der Waals surface area (Å²) in [6, 6.07) is 0. The molecule has 0 saturated carbocycles. The summed E-state index contributed by atoms with van der Waals surface area (Å²) >= 11 is 0. The summed E-state index contributed by atoms with van der Waals surface area (Å²) in [5.74, 6) is -0.789. The molecule has 0 aliphatic rings. The van der Waals surface area contributed by atoms with Crippen molar-refractivity contribution in [1.82, 2.24) is 0 Å². The minimum Gasteiger partial charge on any atom is -0.462 e. The number of hydrogen-bond donors (Lipinski definition) is 2. The number of hydrogen-bond acceptors (Lipinski definition) is 6. The van der Waals surface area contributed by atoms with Gasteiger partial charge in [-0.25, -0.2) is 0 Å². The summed E-state index contributed by atoms with van der Waals surface area (Å²) in [5.41, 5.74) is 0. The van der Waals surface area contributed by atoms with Gasteiger partial charge in [0, 0.05) is 12.8 Å². The van der Waals surface area contributed by atoms with Gasteiger partial charge in [-0.3, -0.25) is 9.59 Å². The Morgan fingerprint density at radius 2 is 1.21 bits per heavy atom. The Bertz CT molecular complexity index is 714. The van der Waals surface area contributed by atoms with E-state index in [1.54, 1.807) is 6.08 Å². The molecule has 0 heterocycles. The highest BCUT2D eigenvalue weighted by Gasteiger charge is 2.16. The first-order valence-corrected chi connectivity index (χ1v) is 17.7. The van der Waals surface area contributed by atoms with E-state index in [2.05, 4.69) is 32.1 Å². The molecule has 0 aromatic rings. The first-order chi connectivity index (χ1) is 21.0. The number of carbonyl (C=O) groups excluding carboxylic acids is 2. The summed E-state index contributed by atoms with van der Waals surface area (Å²) < 4.78 is 10.4. The van der Waals surface area contributed by atoms with Crippen molar-refractivity contribution in [2.24, 2.45) is 0 Å². The molecule has 0 spiro atoms. The summed E-state index contributed by atoms with van der Waals surface area (Å²) in [7, 11) is 0. The molecule has 0 aromatic carbocycles. The summed E-state index contributed by atoms with van der Waals surface area (Å²) in [4.78, 5) is 24.1. The minimum absolute atomic E-state index is 0.153. The maximum atomic E-state index is 12.1. The number of aliphatic hydroxyl groups excluding tert-OH is 2. The molecule has 43 heavy (non-hydrogen) atoms. The maximum Gasteiger partial charge on any atom is 0.306 e. The quantitative estimate of drug-likeness (QED) is 0.0353. The Morgan fingerprint density at radius 3 is 1.81 bits per heavy atom. The third kappa shape index (κ3) is 31.3. The zero-order valence-corrected chi connectivity index (χ0v) is 27.8. The summed E-state index contributed by atoms with van der Waals surface area (Å²) in [6.45, 7) is 3.94. The van der Waals surface area contributed by atoms with Gasteiger partial charge in [0.25, 0.3) is 0 Å². The second kappa shape index (κ2) is 33.0. The molecule has 0 aliphatic carbocycles. The monoisotopic (exact) mass is 606 g/mol. The van der Waals surface area contributed by atoms with Crippen LogP contribution >= 0.6 is 0 Å². The molecule has 2 atom stereocenters.